The highest BCUT2D eigenvalue weighted by Crippen LogP contribution is 2.19. The first-order chi connectivity index (χ1) is 10.8. The Hall–Kier alpha value is -2.21. The van der Waals surface area contributed by atoms with Gasteiger partial charge in [-0.3, -0.25) is 4.79 Å². The zero-order valence-corrected chi connectivity index (χ0v) is 12.7. The maximum Gasteiger partial charge on any atom is 0.253 e. The van der Waals surface area contributed by atoms with Crippen molar-refractivity contribution in [1.82, 2.24) is 19.9 Å². The number of piperidine rings is 1. The van der Waals surface area contributed by atoms with Gasteiger partial charge in [-0.05, 0) is 43.0 Å². The monoisotopic (exact) mass is 300 g/mol. The third kappa shape index (κ3) is 3.17. The first kappa shape index (κ1) is 14.7. The summed E-state index contributed by atoms with van der Waals surface area (Å²) in [5, 5.41) is 7.72. The fraction of sp³-hybridized carbons (Fsp3) is 0.438. The van der Waals surface area contributed by atoms with Crippen LogP contribution in [-0.4, -0.2) is 52.6 Å². The van der Waals surface area contributed by atoms with Crippen LogP contribution in [0.15, 0.2) is 36.7 Å². The minimum Gasteiger partial charge on any atom is -0.384 e. The molecule has 3 rings (SSSR count). The van der Waals surface area contributed by atoms with Crippen molar-refractivity contribution in [3.8, 4) is 5.69 Å². The van der Waals surface area contributed by atoms with E-state index in [0.717, 1.165) is 38.2 Å². The maximum absolute atomic E-state index is 12.6. The van der Waals surface area contributed by atoms with E-state index in [9.17, 15) is 4.79 Å². The van der Waals surface area contributed by atoms with Gasteiger partial charge in [0, 0.05) is 25.8 Å². The number of ether oxygens (including phenoxy) is 1. The van der Waals surface area contributed by atoms with E-state index in [1.54, 1.807) is 24.2 Å². The smallest absolute Gasteiger partial charge is 0.253 e. The molecule has 0 spiro atoms. The van der Waals surface area contributed by atoms with Crippen LogP contribution >= 0.6 is 0 Å². The number of benzene rings is 1. The lowest BCUT2D eigenvalue weighted by atomic mass is 9.98. The van der Waals surface area contributed by atoms with Crippen molar-refractivity contribution >= 4 is 5.91 Å². The molecule has 1 aliphatic rings. The molecule has 1 saturated heterocycles. The van der Waals surface area contributed by atoms with E-state index in [0.29, 0.717) is 11.5 Å². The Labute approximate surface area is 129 Å². The lowest BCUT2D eigenvalue weighted by Gasteiger charge is -2.32. The number of nitrogens with zero attached hydrogens (tertiary/aromatic N) is 4. The van der Waals surface area contributed by atoms with Crippen molar-refractivity contribution in [2.75, 3.05) is 26.8 Å². The third-order valence-electron chi connectivity index (χ3n) is 4.01. The number of carbonyl (C=O) groups excluding carboxylic acids is 1. The quantitative estimate of drug-likeness (QED) is 0.863. The minimum absolute atomic E-state index is 0.0888. The van der Waals surface area contributed by atoms with Gasteiger partial charge in [-0.25, -0.2) is 4.68 Å². The number of methoxy groups -OCH3 is 1. The largest absolute Gasteiger partial charge is 0.384 e. The number of likely N-dealkylation sites (tertiary alicyclic amines) is 1. The second-order valence-electron chi connectivity index (χ2n) is 5.61. The van der Waals surface area contributed by atoms with E-state index >= 15 is 0 Å². The fourth-order valence-electron chi connectivity index (χ4n) is 2.91. The van der Waals surface area contributed by atoms with Crippen LogP contribution in [0.25, 0.3) is 5.69 Å². The van der Waals surface area contributed by atoms with Gasteiger partial charge in [0.2, 0.25) is 0 Å². The second kappa shape index (κ2) is 6.70. The zero-order chi connectivity index (χ0) is 15.4. The molecule has 1 aromatic carbocycles. The van der Waals surface area contributed by atoms with Crippen LogP contribution < -0.4 is 0 Å². The molecule has 1 amide bonds. The normalized spacial score (nSPS) is 18.4. The molecule has 2 aromatic rings. The molecular weight excluding hydrogens is 280 g/mol. The first-order valence-corrected chi connectivity index (χ1v) is 7.53. The molecule has 116 valence electrons. The number of carbonyl (C=O) groups is 1. The van der Waals surface area contributed by atoms with Crippen molar-refractivity contribution in [3.63, 3.8) is 0 Å². The average molecular weight is 300 g/mol. The van der Waals surface area contributed by atoms with Crippen molar-refractivity contribution < 1.29 is 9.53 Å². The molecule has 0 N–H and O–H groups in total. The molecule has 0 bridgehead atoms. The molecule has 1 aromatic heterocycles. The Morgan fingerprint density at radius 2 is 2.18 bits per heavy atom. The summed E-state index contributed by atoms with van der Waals surface area (Å²) in [5.41, 5.74) is 1.60. The average Bonchev–Trinajstić information content (AvgIpc) is 3.09. The standard InChI is InChI=1S/C16H20N4O2/c1-22-12-13-3-2-9-19(11-13)16(21)14-4-6-15(7-5-14)20-10-8-17-18-20/h4-8,10,13H,2-3,9,11-12H2,1H3. The highest BCUT2D eigenvalue weighted by Gasteiger charge is 2.24. The van der Waals surface area contributed by atoms with E-state index in [-0.39, 0.29) is 5.91 Å². The molecule has 6 nitrogen and oxygen atoms in total. The van der Waals surface area contributed by atoms with Gasteiger partial charge in [0.15, 0.2) is 0 Å². The molecule has 1 aliphatic heterocycles. The summed E-state index contributed by atoms with van der Waals surface area (Å²) in [6, 6.07) is 7.47. The van der Waals surface area contributed by atoms with Crippen molar-refractivity contribution in [1.29, 1.82) is 0 Å². The van der Waals surface area contributed by atoms with E-state index in [4.69, 9.17) is 4.74 Å². The van der Waals surface area contributed by atoms with Crippen molar-refractivity contribution in [3.05, 3.63) is 42.2 Å². The SMILES string of the molecule is COCC1CCCN(C(=O)c2ccc(-n3ccnn3)cc2)C1. The first-order valence-electron chi connectivity index (χ1n) is 7.53. The number of aromatic nitrogens is 3. The fourth-order valence-corrected chi connectivity index (χ4v) is 2.91. The third-order valence-corrected chi connectivity index (χ3v) is 4.01. The summed E-state index contributed by atoms with van der Waals surface area (Å²) in [6.45, 7) is 2.32. The molecule has 22 heavy (non-hydrogen) atoms. The van der Waals surface area contributed by atoms with E-state index in [1.165, 1.54) is 0 Å². The van der Waals surface area contributed by atoms with Crippen molar-refractivity contribution in [2.24, 2.45) is 5.92 Å². The summed E-state index contributed by atoms with van der Waals surface area (Å²) >= 11 is 0. The van der Waals surface area contributed by atoms with Gasteiger partial charge < -0.3 is 9.64 Å². The number of hydrogen-bond donors (Lipinski definition) is 0. The van der Waals surface area contributed by atoms with Gasteiger partial charge >= 0.3 is 0 Å². The van der Waals surface area contributed by atoms with Crippen LogP contribution in [0.3, 0.4) is 0 Å². The van der Waals surface area contributed by atoms with Gasteiger partial charge in [-0.1, -0.05) is 5.21 Å². The van der Waals surface area contributed by atoms with Crippen LogP contribution in [-0.2, 0) is 4.74 Å². The molecule has 2 heterocycles. The number of rotatable bonds is 4. The summed E-state index contributed by atoms with van der Waals surface area (Å²) in [7, 11) is 1.71. The second-order valence-corrected chi connectivity index (χ2v) is 5.61. The summed E-state index contributed by atoms with van der Waals surface area (Å²) < 4.78 is 6.89. The van der Waals surface area contributed by atoms with E-state index in [1.807, 2.05) is 29.2 Å². The van der Waals surface area contributed by atoms with Gasteiger partial charge in [0.1, 0.15) is 0 Å². The molecule has 1 unspecified atom stereocenters. The Kier molecular flexibility index (Phi) is 4.48. The Morgan fingerprint density at radius 1 is 1.36 bits per heavy atom. The van der Waals surface area contributed by atoms with Gasteiger partial charge in [-0.15, -0.1) is 5.10 Å². The highest BCUT2D eigenvalue weighted by atomic mass is 16.5. The predicted molar refractivity (Wildman–Crippen MR) is 81.9 cm³/mol. The zero-order valence-electron chi connectivity index (χ0n) is 12.7. The van der Waals surface area contributed by atoms with Crippen LogP contribution in [0.4, 0.5) is 0 Å². The topological polar surface area (TPSA) is 60.2 Å². The maximum atomic E-state index is 12.6. The van der Waals surface area contributed by atoms with Crippen molar-refractivity contribution in [2.45, 2.75) is 12.8 Å². The predicted octanol–water partition coefficient (Wildman–Crippen LogP) is 1.77. The lowest BCUT2D eigenvalue weighted by Crippen LogP contribution is -2.41. The molecule has 0 radical (unpaired) electrons. The number of hydrogen-bond acceptors (Lipinski definition) is 4. The lowest BCUT2D eigenvalue weighted by molar-refractivity contribution is 0.0571. The summed E-state index contributed by atoms with van der Waals surface area (Å²) in [5.74, 6) is 0.531. The Balaban J connectivity index is 1.69. The van der Waals surface area contributed by atoms with Crippen LogP contribution in [0.1, 0.15) is 23.2 Å². The van der Waals surface area contributed by atoms with Crippen LogP contribution in [0.5, 0.6) is 0 Å². The molecule has 1 fully saturated rings. The van der Waals surface area contributed by atoms with Gasteiger partial charge in [-0.2, -0.15) is 0 Å². The molecule has 0 saturated carbocycles. The molecule has 6 heteroatoms. The van der Waals surface area contributed by atoms with Crippen LogP contribution in [0.2, 0.25) is 0 Å². The van der Waals surface area contributed by atoms with E-state index < -0.39 is 0 Å². The Morgan fingerprint density at radius 3 is 2.86 bits per heavy atom. The minimum atomic E-state index is 0.0888. The highest BCUT2D eigenvalue weighted by molar-refractivity contribution is 5.94. The van der Waals surface area contributed by atoms with Gasteiger partial charge in [0.25, 0.3) is 5.91 Å². The van der Waals surface area contributed by atoms with Crippen LogP contribution in [0, 0.1) is 5.92 Å². The Bertz CT molecular complexity index is 608. The van der Waals surface area contributed by atoms with Gasteiger partial charge in [0.05, 0.1) is 24.7 Å². The summed E-state index contributed by atoms with van der Waals surface area (Å²) in [4.78, 5) is 14.5. The molecule has 0 aliphatic carbocycles. The van der Waals surface area contributed by atoms with E-state index in [2.05, 4.69) is 10.3 Å². The molecule has 1 atom stereocenters. The molecular formula is C16H20N4O2. The number of amides is 1. The summed E-state index contributed by atoms with van der Waals surface area (Å²) in [6.07, 6.45) is 5.57.